The van der Waals surface area contributed by atoms with Gasteiger partial charge < -0.3 is 22.8 Å². The molecule has 0 saturated carbocycles. The first-order valence-corrected chi connectivity index (χ1v) is 54.2. The van der Waals surface area contributed by atoms with Crippen LogP contribution in [0, 0.1) is 0 Å². The molecule has 6 aliphatic carbocycles. The van der Waals surface area contributed by atoms with Gasteiger partial charge in [0.05, 0.1) is 55.2 Å². The van der Waals surface area contributed by atoms with Crippen LogP contribution in [-0.2, 0) is 0 Å². The molecule has 0 fully saturated rings. The lowest BCUT2D eigenvalue weighted by atomic mass is 9.60. The highest BCUT2D eigenvalue weighted by atomic mass is 28.3. The van der Waals surface area contributed by atoms with Crippen LogP contribution >= 0.6 is 0 Å². The van der Waals surface area contributed by atoms with Crippen molar-refractivity contribution >= 4 is 167 Å². The molecule has 5 nitrogen and oxygen atoms in total. The Bertz CT molecular complexity index is 9650. The molecule has 33 rings (SSSR count). The summed E-state index contributed by atoms with van der Waals surface area (Å²) in [4.78, 5) is 0. The summed E-state index contributed by atoms with van der Waals surface area (Å²) in [5.74, 6) is 0.762. The van der Waals surface area contributed by atoms with Crippen LogP contribution in [0.25, 0.3) is 137 Å². The number of aromatic nitrogens is 5. The van der Waals surface area contributed by atoms with Crippen LogP contribution in [0.4, 0.5) is 0 Å². The van der Waals surface area contributed by atoms with Gasteiger partial charge in [-0.1, -0.05) is 406 Å². The van der Waals surface area contributed by atoms with E-state index in [-0.39, 0.29) is 23.7 Å². The Morgan fingerprint density at radius 2 is 0.329 bits per heavy atom. The summed E-state index contributed by atoms with van der Waals surface area (Å²) < 4.78 is 12.5. The van der Waals surface area contributed by atoms with Gasteiger partial charge in [-0.15, -0.1) is 0 Å². The first kappa shape index (κ1) is 81.3. The SMILES string of the molecule is c1ccc([Si](c2ccccc2)(c2cccc(-n3c4ccccc4c4cc(-n5c6ccccc6c6ccccc65)ccc43)c2)c2cccc(-n3c4ccccc4c4c5c(ccc43)C3c4ccccc4C5c4ccccc43)c2)cc1.c1ccc([Si](c2ccccc2)(c2cccc(-n3c4ccccc4c4ccccc43)c2)c2cccc(-n3c4ccccc4c4c5c(ccc43)C3c4ccccc4C5c4ccccc43)c2)cc1. The van der Waals surface area contributed by atoms with E-state index < -0.39 is 16.1 Å². The average Bonchev–Trinajstić information content (AvgIpc) is 1.60. The van der Waals surface area contributed by atoms with Gasteiger partial charge in [0.25, 0.3) is 0 Å². The number of nitrogens with zero attached hydrogens (tertiary/aromatic N) is 5. The molecule has 0 aliphatic heterocycles. The van der Waals surface area contributed by atoms with E-state index in [0.29, 0.717) is 0 Å². The van der Waals surface area contributed by atoms with Crippen LogP contribution < -0.4 is 41.5 Å². The number of para-hydroxylation sites is 7. The zero-order valence-corrected chi connectivity index (χ0v) is 80.3. The van der Waals surface area contributed by atoms with Gasteiger partial charge in [-0.25, -0.2) is 0 Å². The van der Waals surface area contributed by atoms with E-state index in [0.717, 1.165) is 11.4 Å². The van der Waals surface area contributed by atoms with Crippen molar-refractivity contribution in [3.63, 3.8) is 0 Å². The molecule has 5 aromatic heterocycles. The summed E-state index contributed by atoms with van der Waals surface area (Å²) in [5, 5.41) is 23.6. The summed E-state index contributed by atoms with van der Waals surface area (Å²) in [6.45, 7) is 0. The second-order valence-electron chi connectivity index (χ2n) is 39.3. The third kappa shape index (κ3) is 11.7. The van der Waals surface area contributed by atoms with Crippen LogP contribution in [0.2, 0.25) is 0 Å². The molecular weight excluding hydrogens is 1760 g/mol. The molecule has 0 radical (unpaired) electrons. The summed E-state index contributed by atoms with van der Waals surface area (Å²) in [7, 11) is -6.10. The lowest BCUT2D eigenvalue weighted by Crippen LogP contribution is -2.74. The van der Waals surface area contributed by atoms with E-state index in [4.69, 9.17) is 0 Å². The highest BCUT2D eigenvalue weighted by Crippen LogP contribution is 2.61. The fourth-order valence-corrected chi connectivity index (χ4v) is 36.7. The largest absolute Gasteiger partial charge is 0.309 e. The fraction of sp³-hybridized carbons (Fsp3) is 0.0294. The molecule has 7 heteroatoms. The Labute approximate surface area is 829 Å². The van der Waals surface area contributed by atoms with E-state index in [1.807, 2.05) is 0 Å². The van der Waals surface area contributed by atoms with Gasteiger partial charge in [0.1, 0.15) is 0 Å². The molecule has 27 aromatic rings. The standard InChI is InChI=1S/C74H49N3Si.C62H42N2Si/c1-3-23-51(24-4-1)78(52-25-5-2-6-26-52,53-27-19-21-48(45-53)75-67-39-17-13-31-57(67)64-47-50(41-43-69(64)75)76-65-37-15-11-29-55(65)56-30-12-16-38-66(56)76)54-28-20-22-49(46-54)77-68-40-18-14-36-62(68)73-70(77)44-42-63-71-58-32-7-9-34-60(58)72(74(63)73)61-35-10-8-33-59(61)71;1-3-21-43(22-4-1)65(44-23-5-2-6-24-44,45-25-17-19-41(39-45)63-55-34-14-11-27-47(55)48-28-12-15-35-56(48)63)46-26-18-20-42(40-46)64-57-36-16-13-33-53(57)61-58(64)38-37-54-59-49-29-7-9-31-51(49)60(62(54)61)52-32-10-8-30-50(52)59/h1-47,71-72H;1-40,59-60H. The number of fused-ring (bicyclic) bond motifs is 15. The Kier molecular flexibility index (Phi) is 18.1. The van der Waals surface area contributed by atoms with Gasteiger partial charge in [0.15, 0.2) is 16.1 Å². The normalized spacial score (nSPS) is 14.9. The zero-order chi connectivity index (χ0) is 93.7. The van der Waals surface area contributed by atoms with Gasteiger partial charge in [-0.2, -0.15) is 0 Å². The van der Waals surface area contributed by atoms with Gasteiger partial charge in [-0.05, 0) is 230 Å². The maximum atomic E-state index is 2.56. The summed E-state index contributed by atoms with van der Waals surface area (Å²) in [6.07, 6.45) is 0. The smallest absolute Gasteiger partial charge is 0.179 e. The van der Waals surface area contributed by atoms with Crippen molar-refractivity contribution in [2.45, 2.75) is 23.7 Å². The monoisotopic (exact) mass is 1850 g/mol. The van der Waals surface area contributed by atoms with Crippen molar-refractivity contribution in [3.8, 4) is 28.4 Å². The lowest BCUT2D eigenvalue weighted by Gasteiger charge is -2.42. The van der Waals surface area contributed by atoms with E-state index in [1.54, 1.807) is 0 Å². The number of benzene rings is 22. The van der Waals surface area contributed by atoms with Crippen LogP contribution in [0.1, 0.15) is 90.4 Å². The van der Waals surface area contributed by atoms with Crippen molar-refractivity contribution in [2.24, 2.45) is 0 Å². The first-order chi connectivity index (χ1) is 71.0. The average molecular weight is 1850 g/mol. The Morgan fingerprint density at radius 1 is 0.126 bits per heavy atom. The molecule has 5 heterocycles. The van der Waals surface area contributed by atoms with E-state index in [2.05, 4.69) is 551 Å². The minimum atomic E-state index is -3.10. The molecule has 0 N–H and O–H groups in total. The Balaban J connectivity index is 0.000000136. The van der Waals surface area contributed by atoms with Gasteiger partial charge in [0.2, 0.25) is 0 Å². The van der Waals surface area contributed by atoms with E-state index >= 15 is 0 Å². The van der Waals surface area contributed by atoms with Gasteiger partial charge in [-0.3, -0.25) is 0 Å². The van der Waals surface area contributed by atoms with E-state index in [9.17, 15) is 0 Å². The first-order valence-electron chi connectivity index (χ1n) is 50.2. The molecule has 0 spiro atoms. The molecule has 0 amide bonds. The summed E-state index contributed by atoms with van der Waals surface area (Å²) in [6, 6.07) is 200. The highest BCUT2D eigenvalue weighted by Gasteiger charge is 2.48. The Hall–Kier alpha value is -17.7. The molecule has 0 atom stereocenters. The zero-order valence-electron chi connectivity index (χ0n) is 78.3. The van der Waals surface area contributed by atoms with Crippen LogP contribution in [0.15, 0.2) is 528 Å². The van der Waals surface area contributed by atoms with E-state index in [1.165, 1.54) is 234 Å². The predicted octanol–water partition coefficient (Wildman–Crippen LogP) is 27.6. The Morgan fingerprint density at radius 3 is 0.615 bits per heavy atom. The van der Waals surface area contributed by atoms with Crippen molar-refractivity contribution in [3.05, 3.63) is 595 Å². The number of hydrogen-bond donors (Lipinski definition) is 0. The van der Waals surface area contributed by atoms with Crippen LogP contribution in [-0.4, -0.2) is 39.0 Å². The maximum Gasteiger partial charge on any atom is 0.179 e. The molecule has 668 valence electrons. The second kappa shape index (κ2) is 31.9. The molecule has 4 bridgehead atoms. The third-order valence-corrected chi connectivity index (χ3v) is 42.1. The van der Waals surface area contributed by atoms with Crippen molar-refractivity contribution in [1.82, 2.24) is 22.8 Å². The second-order valence-corrected chi connectivity index (χ2v) is 47.0. The fourth-order valence-electron chi connectivity index (χ4n) is 27.0. The lowest BCUT2D eigenvalue weighted by molar-refractivity contribution is 0.761. The van der Waals surface area contributed by atoms with Crippen molar-refractivity contribution in [1.29, 1.82) is 0 Å². The minimum absolute atomic E-state index is 0.159. The topological polar surface area (TPSA) is 24.6 Å². The van der Waals surface area contributed by atoms with Gasteiger partial charge in [0, 0.05) is 106 Å². The van der Waals surface area contributed by atoms with Crippen LogP contribution in [0.3, 0.4) is 0 Å². The quantitative estimate of drug-likeness (QED) is 0.0812. The molecular formula is C136H91N5Si2. The molecule has 143 heavy (non-hydrogen) atoms. The minimum Gasteiger partial charge on any atom is -0.309 e. The molecule has 0 saturated heterocycles. The number of hydrogen-bond acceptors (Lipinski definition) is 0. The third-order valence-electron chi connectivity index (χ3n) is 32.5. The molecule has 0 unspecified atom stereocenters. The van der Waals surface area contributed by atoms with Crippen LogP contribution in [0.5, 0.6) is 0 Å². The summed E-state index contributed by atoms with van der Waals surface area (Å²) in [5.41, 5.74) is 35.4. The highest BCUT2D eigenvalue weighted by molar-refractivity contribution is 7.20. The van der Waals surface area contributed by atoms with Crippen molar-refractivity contribution < 1.29 is 0 Å². The molecule has 22 aromatic carbocycles. The maximum absolute atomic E-state index is 3.10. The van der Waals surface area contributed by atoms with Gasteiger partial charge >= 0.3 is 0 Å². The summed E-state index contributed by atoms with van der Waals surface area (Å²) >= 11 is 0. The van der Waals surface area contributed by atoms with Crippen molar-refractivity contribution in [2.75, 3.05) is 0 Å². The molecule has 6 aliphatic rings. The predicted molar refractivity (Wildman–Crippen MR) is 601 cm³/mol. The number of rotatable bonds is 13.